The van der Waals surface area contributed by atoms with Crippen LogP contribution in [0.4, 0.5) is 4.39 Å². The van der Waals surface area contributed by atoms with Crippen molar-refractivity contribution in [3.8, 4) is 10.4 Å². The fourth-order valence-electron chi connectivity index (χ4n) is 1.21. The van der Waals surface area contributed by atoms with Gasteiger partial charge in [0, 0.05) is 5.56 Å². The molecule has 2 rings (SSSR count). The molecule has 0 atom stereocenters. The lowest BCUT2D eigenvalue weighted by Gasteiger charge is -1.99. The number of hydrogen-bond acceptors (Lipinski definition) is 2. The lowest BCUT2D eigenvalue weighted by Crippen LogP contribution is -1.82. The van der Waals surface area contributed by atoms with Gasteiger partial charge in [-0.2, -0.15) is 0 Å². The minimum atomic E-state index is -0.185. The van der Waals surface area contributed by atoms with E-state index < -0.39 is 0 Å². The molecule has 2 aromatic rings. The molecule has 1 aromatic carbocycles. The average Bonchev–Trinajstić information content (AvgIpc) is 2.68. The van der Waals surface area contributed by atoms with Crippen molar-refractivity contribution in [1.29, 1.82) is 0 Å². The predicted octanol–water partition coefficient (Wildman–Crippen LogP) is 4.28. The van der Waals surface area contributed by atoms with Crippen molar-refractivity contribution >= 4 is 11.3 Å². The van der Waals surface area contributed by atoms with E-state index >= 15 is 0 Å². The van der Waals surface area contributed by atoms with Crippen LogP contribution in [-0.2, 0) is 0 Å². The summed E-state index contributed by atoms with van der Waals surface area (Å²) in [5, 5.41) is 0. The van der Waals surface area contributed by atoms with E-state index in [1.807, 2.05) is 26.8 Å². The van der Waals surface area contributed by atoms with Gasteiger partial charge in [-0.3, -0.25) is 0 Å². The van der Waals surface area contributed by atoms with Crippen LogP contribution < -0.4 is 0 Å². The van der Waals surface area contributed by atoms with Gasteiger partial charge in [-0.05, 0) is 13.0 Å². The van der Waals surface area contributed by atoms with Gasteiger partial charge in [0.1, 0.15) is 5.82 Å². The first-order valence-corrected chi connectivity index (χ1v) is 5.82. The van der Waals surface area contributed by atoms with E-state index in [4.69, 9.17) is 0 Å². The number of benzene rings is 1. The number of rotatable bonds is 1. The van der Waals surface area contributed by atoms with Crippen molar-refractivity contribution in [3.63, 3.8) is 0 Å². The number of thiazole rings is 1. The van der Waals surface area contributed by atoms with Crippen LogP contribution in [0.2, 0.25) is 0 Å². The zero-order valence-corrected chi connectivity index (χ0v) is 9.94. The maximum Gasteiger partial charge on any atom is 0.131 e. The van der Waals surface area contributed by atoms with Gasteiger partial charge >= 0.3 is 0 Å². The Labute approximate surface area is 93.6 Å². The molecular formula is C12H14FNS. The van der Waals surface area contributed by atoms with Crippen molar-refractivity contribution < 1.29 is 4.39 Å². The molecule has 15 heavy (non-hydrogen) atoms. The van der Waals surface area contributed by atoms with E-state index in [0.29, 0.717) is 5.56 Å². The first kappa shape index (κ1) is 11.9. The van der Waals surface area contributed by atoms with E-state index in [2.05, 4.69) is 4.98 Å². The Morgan fingerprint density at radius 1 is 1.20 bits per heavy atom. The molecule has 80 valence electrons. The van der Waals surface area contributed by atoms with E-state index in [0.717, 1.165) is 10.6 Å². The van der Waals surface area contributed by atoms with E-state index in [9.17, 15) is 4.39 Å². The molecule has 1 nitrogen and oxygen atoms in total. The predicted molar refractivity (Wildman–Crippen MR) is 63.6 cm³/mol. The van der Waals surface area contributed by atoms with Crippen molar-refractivity contribution in [2.45, 2.75) is 20.8 Å². The van der Waals surface area contributed by atoms with Crippen LogP contribution in [0, 0.1) is 12.7 Å². The Hall–Kier alpha value is -1.22. The number of hydrogen-bond donors (Lipinski definition) is 0. The molecular weight excluding hydrogens is 209 g/mol. The molecule has 0 saturated carbocycles. The minimum absolute atomic E-state index is 0.185. The Kier molecular flexibility index (Phi) is 4.43. The summed E-state index contributed by atoms with van der Waals surface area (Å²) in [5.41, 5.74) is 3.26. The normalized spacial score (nSPS) is 9.33. The number of aryl methyl sites for hydroxylation is 1. The molecule has 0 fully saturated rings. The second kappa shape index (κ2) is 5.61. The van der Waals surface area contributed by atoms with Crippen LogP contribution in [-0.4, -0.2) is 4.98 Å². The molecule has 0 bridgehead atoms. The zero-order chi connectivity index (χ0) is 11.3. The van der Waals surface area contributed by atoms with Crippen LogP contribution in [0.25, 0.3) is 10.4 Å². The van der Waals surface area contributed by atoms with Crippen LogP contribution in [0.5, 0.6) is 0 Å². The number of aromatic nitrogens is 1. The first-order valence-electron chi connectivity index (χ1n) is 4.94. The summed E-state index contributed by atoms with van der Waals surface area (Å²) in [4.78, 5) is 5.00. The Morgan fingerprint density at radius 2 is 1.87 bits per heavy atom. The molecule has 0 spiro atoms. The molecule has 0 aliphatic rings. The van der Waals surface area contributed by atoms with Gasteiger partial charge in [0.25, 0.3) is 0 Å². The topological polar surface area (TPSA) is 12.9 Å². The molecule has 0 radical (unpaired) electrons. The fraction of sp³-hybridized carbons (Fsp3) is 0.250. The smallest absolute Gasteiger partial charge is 0.131 e. The van der Waals surface area contributed by atoms with Gasteiger partial charge in [0.15, 0.2) is 0 Å². The fourth-order valence-corrected chi connectivity index (χ4v) is 2.04. The van der Waals surface area contributed by atoms with Gasteiger partial charge in [-0.15, -0.1) is 11.3 Å². The summed E-state index contributed by atoms with van der Waals surface area (Å²) in [6, 6.07) is 6.76. The third-order valence-corrected chi connectivity index (χ3v) is 2.83. The SMILES string of the molecule is CC.Cc1ncsc1-c1ccccc1F. The minimum Gasteiger partial charge on any atom is -0.249 e. The van der Waals surface area contributed by atoms with E-state index in [1.165, 1.54) is 17.4 Å². The highest BCUT2D eigenvalue weighted by atomic mass is 32.1. The first-order chi connectivity index (χ1) is 7.29. The highest BCUT2D eigenvalue weighted by Gasteiger charge is 2.08. The summed E-state index contributed by atoms with van der Waals surface area (Å²) in [6.45, 7) is 5.89. The summed E-state index contributed by atoms with van der Waals surface area (Å²) in [6.07, 6.45) is 0. The third kappa shape index (κ3) is 2.63. The zero-order valence-electron chi connectivity index (χ0n) is 9.12. The molecule has 0 N–H and O–H groups in total. The maximum atomic E-state index is 13.3. The van der Waals surface area contributed by atoms with Crippen LogP contribution >= 0.6 is 11.3 Å². The molecule has 0 saturated heterocycles. The summed E-state index contributed by atoms with van der Waals surface area (Å²) >= 11 is 1.47. The second-order valence-corrected chi connectivity index (χ2v) is 3.60. The maximum absolute atomic E-state index is 13.3. The van der Waals surface area contributed by atoms with Crippen molar-refractivity contribution in [2.75, 3.05) is 0 Å². The van der Waals surface area contributed by atoms with E-state index in [-0.39, 0.29) is 5.82 Å². The summed E-state index contributed by atoms with van der Waals surface area (Å²) in [7, 11) is 0. The molecule has 0 amide bonds. The molecule has 0 aliphatic heterocycles. The Balaban J connectivity index is 0.000000531. The largest absolute Gasteiger partial charge is 0.249 e. The second-order valence-electron chi connectivity index (χ2n) is 2.75. The molecule has 3 heteroatoms. The Morgan fingerprint density at radius 3 is 2.40 bits per heavy atom. The number of nitrogens with zero attached hydrogens (tertiary/aromatic N) is 1. The summed E-state index contributed by atoms with van der Waals surface area (Å²) < 4.78 is 13.3. The highest BCUT2D eigenvalue weighted by Crippen LogP contribution is 2.28. The average molecular weight is 223 g/mol. The van der Waals surface area contributed by atoms with Crippen LogP contribution in [0.3, 0.4) is 0 Å². The van der Waals surface area contributed by atoms with Crippen molar-refractivity contribution in [1.82, 2.24) is 4.98 Å². The quantitative estimate of drug-likeness (QED) is 0.703. The van der Waals surface area contributed by atoms with E-state index in [1.54, 1.807) is 17.6 Å². The van der Waals surface area contributed by atoms with Gasteiger partial charge < -0.3 is 0 Å². The molecule has 1 aromatic heterocycles. The lowest BCUT2D eigenvalue weighted by molar-refractivity contribution is 0.631. The van der Waals surface area contributed by atoms with Crippen molar-refractivity contribution in [3.05, 3.63) is 41.3 Å². The van der Waals surface area contributed by atoms with Crippen LogP contribution in [0.1, 0.15) is 19.5 Å². The molecule has 0 aliphatic carbocycles. The molecule has 1 heterocycles. The van der Waals surface area contributed by atoms with Crippen LogP contribution in [0.15, 0.2) is 29.8 Å². The van der Waals surface area contributed by atoms with Gasteiger partial charge in [-0.25, -0.2) is 9.37 Å². The monoisotopic (exact) mass is 223 g/mol. The third-order valence-electron chi connectivity index (χ3n) is 1.86. The van der Waals surface area contributed by atoms with Gasteiger partial charge in [-0.1, -0.05) is 32.0 Å². The lowest BCUT2D eigenvalue weighted by atomic mass is 10.1. The van der Waals surface area contributed by atoms with Crippen molar-refractivity contribution in [2.24, 2.45) is 0 Å². The molecule has 0 unspecified atom stereocenters. The Bertz CT molecular complexity index is 423. The highest BCUT2D eigenvalue weighted by molar-refractivity contribution is 7.13. The standard InChI is InChI=1S/C10H8FNS.C2H6/c1-7-10(13-6-12-7)8-4-2-3-5-9(8)11;1-2/h2-6H,1H3;1-2H3. The summed E-state index contributed by atoms with van der Waals surface area (Å²) in [5.74, 6) is -0.185. The van der Waals surface area contributed by atoms with Gasteiger partial charge in [0.05, 0.1) is 16.1 Å². The van der Waals surface area contributed by atoms with Gasteiger partial charge in [0.2, 0.25) is 0 Å². The number of halogens is 1.